The summed E-state index contributed by atoms with van der Waals surface area (Å²) in [4.78, 5) is 37.2. The third-order valence-corrected chi connectivity index (χ3v) is 7.88. The maximum atomic E-state index is 13.0. The molecular formula is C19H26O3. The second kappa shape index (κ2) is 4.52. The van der Waals surface area contributed by atoms with Crippen molar-refractivity contribution < 1.29 is 14.4 Å². The summed E-state index contributed by atoms with van der Waals surface area (Å²) in [5.41, 5.74) is -0.382. The first kappa shape index (κ1) is 14.6. The Hall–Kier alpha value is -0.990. The molecule has 0 aromatic rings. The molecule has 0 aliphatic heterocycles. The molecule has 4 saturated carbocycles. The van der Waals surface area contributed by atoms with E-state index in [1.165, 1.54) is 0 Å². The van der Waals surface area contributed by atoms with E-state index in [0.29, 0.717) is 60.8 Å². The van der Waals surface area contributed by atoms with Gasteiger partial charge in [0.1, 0.15) is 17.3 Å². The van der Waals surface area contributed by atoms with E-state index < -0.39 is 0 Å². The molecule has 0 heterocycles. The van der Waals surface area contributed by atoms with Gasteiger partial charge in [-0.15, -0.1) is 0 Å². The summed E-state index contributed by atoms with van der Waals surface area (Å²) >= 11 is 0. The number of hydrogen-bond acceptors (Lipinski definition) is 3. The fraction of sp³-hybridized carbons (Fsp3) is 0.842. The molecule has 3 heteroatoms. The Labute approximate surface area is 132 Å². The normalized spacial score (nSPS) is 51.3. The van der Waals surface area contributed by atoms with Gasteiger partial charge in [-0.25, -0.2) is 0 Å². The second-order valence-electron chi connectivity index (χ2n) is 8.79. The van der Waals surface area contributed by atoms with Crippen LogP contribution in [0.2, 0.25) is 0 Å². The Morgan fingerprint density at radius 2 is 1.77 bits per heavy atom. The van der Waals surface area contributed by atoms with Crippen molar-refractivity contribution in [2.45, 2.75) is 65.2 Å². The molecule has 0 aromatic carbocycles. The lowest BCUT2D eigenvalue weighted by Crippen LogP contribution is -2.57. The third kappa shape index (κ3) is 1.71. The zero-order valence-corrected chi connectivity index (χ0v) is 13.7. The molecule has 0 N–H and O–H groups in total. The number of fused-ring (bicyclic) bond motifs is 5. The van der Waals surface area contributed by atoms with Gasteiger partial charge in [0.05, 0.1) is 0 Å². The topological polar surface area (TPSA) is 51.2 Å². The van der Waals surface area contributed by atoms with E-state index in [1.807, 2.05) is 6.92 Å². The van der Waals surface area contributed by atoms with Crippen LogP contribution in [0, 0.1) is 34.5 Å². The molecule has 0 aromatic heterocycles. The van der Waals surface area contributed by atoms with E-state index in [4.69, 9.17) is 0 Å². The maximum absolute atomic E-state index is 13.0. The molecule has 0 saturated heterocycles. The molecule has 0 unspecified atom stereocenters. The summed E-state index contributed by atoms with van der Waals surface area (Å²) < 4.78 is 0. The van der Waals surface area contributed by atoms with Gasteiger partial charge in [-0.05, 0) is 48.9 Å². The lowest BCUT2D eigenvalue weighted by atomic mass is 9.45. The first-order chi connectivity index (χ1) is 10.4. The minimum Gasteiger partial charge on any atom is -0.300 e. The number of rotatable bonds is 0. The van der Waals surface area contributed by atoms with Crippen LogP contribution in [-0.4, -0.2) is 17.3 Å². The van der Waals surface area contributed by atoms with Crippen LogP contribution in [0.15, 0.2) is 0 Å². The molecule has 0 spiro atoms. The fourth-order valence-corrected chi connectivity index (χ4v) is 6.64. The van der Waals surface area contributed by atoms with Crippen LogP contribution in [0.25, 0.3) is 0 Å². The van der Waals surface area contributed by atoms with Gasteiger partial charge in [-0.2, -0.15) is 0 Å². The Morgan fingerprint density at radius 1 is 1.00 bits per heavy atom. The van der Waals surface area contributed by atoms with Crippen molar-refractivity contribution in [3.63, 3.8) is 0 Å². The van der Waals surface area contributed by atoms with Crippen molar-refractivity contribution in [3.05, 3.63) is 0 Å². The first-order valence-electron chi connectivity index (χ1n) is 8.94. The summed E-state index contributed by atoms with van der Waals surface area (Å²) in [6.45, 7) is 4.30. The average Bonchev–Trinajstić information content (AvgIpc) is 2.75. The zero-order valence-electron chi connectivity index (χ0n) is 13.7. The molecule has 0 radical (unpaired) electrons. The lowest BCUT2D eigenvalue weighted by Gasteiger charge is -2.58. The molecule has 22 heavy (non-hydrogen) atoms. The molecule has 0 amide bonds. The van der Waals surface area contributed by atoms with Gasteiger partial charge in [-0.3, -0.25) is 14.4 Å². The van der Waals surface area contributed by atoms with Crippen molar-refractivity contribution in [3.8, 4) is 0 Å². The molecule has 120 valence electrons. The highest BCUT2D eigenvalue weighted by molar-refractivity contribution is 5.95. The fourth-order valence-electron chi connectivity index (χ4n) is 6.64. The van der Waals surface area contributed by atoms with Gasteiger partial charge in [-0.1, -0.05) is 13.8 Å². The Kier molecular flexibility index (Phi) is 3.00. The van der Waals surface area contributed by atoms with Crippen LogP contribution in [0.1, 0.15) is 65.2 Å². The summed E-state index contributed by atoms with van der Waals surface area (Å²) in [5.74, 6) is 2.29. The van der Waals surface area contributed by atoms with Gasteiger partial charge < -0.3 is 0 Å². The number of ketones is 3. The molecule has 4 fully saturated rings. The number of hydrogen-bond donors (Lipinski definition) is 0. The number of carbonyl (C=O) groups excluding carboxylic acids is 3. The maximum Gasteiger partial charge on any atom is 0.139 e. The van der Waals surface area contributed by atoms with Crippen LogP contribution in [0.4, 0.5) is 0 Å². The highest BCUT2D eigenvalue weighted by atomic mass is 16.1. The second-order valence-corrected chi connectivity index (χ2v) is 8.79. The van der Waals surface area contributed by atoms with E-state index in [-0.39, 0.29) is 16.7 Å². The van der Waals surface area contributed by atoms with Gasteiger partial charge in [0.25, 0.3) is 0 Å². The molecule has 4 aliphatic rings. The van der Waals surface area contributed by atoms with Gasteiger partial charge in [0.15, 0.2) is 0 Å². The molecule has 4 rings (SSSR count). The largest absolute Gasteiger partial charge is 0.300 e. The van der Waals surface area contributed by atoms with E-state index >= 15 is 0 Å². The standard InChI is InChI=1S/C19H26O3/c1-18-8-7-12(20)9-11(18)3-4-13-14-5-6-16(22)19(14,2)10-15(21)17(13)18/h11,13-14,17H,3-10H2,1-2H3/t11-,13+,14+,17-,18-,19-/m0/s1. The third-order valence-electron chi connectivity index (χ3n) is 7.88. The quantitative estimate of drug-likeness (QED) is 0.689. The van der Waals surface area contributed by atoms with Gasteiger partial charge in [0, 0.05) is 37.0 Å². The highest BCUT2D eigenvalue weighted by Gasteiger charge is 2.63. The van der Waals surface area contributed by atoms with Crippen LogP contribution >= 0.6 is 0 Å². The minimum absolute atomic E-state index is 0.000871. The van der Waals surface area contributed by atoms with Crippen molar-refractivity contribution >= 4 is 17.3 Å². The van der Waals surface area contributed by atoms with Crippen molar-refractivity contribution in [1.82, 2.24) is 0 Å². The smallest absolute Gasteiger partial charge is 0.139 e. The molecule has 0 bridgehead atoms. The van der Waals surface area contributed by atoms with Gasteiger partial charge in [0.2, 0.25) is 0 Å². The molecular weight excluding hydrogens is 276 g/mol. The van der Waals surface area contributed by atoms with Crippen molar-refractivity contribution in [1.29, 1.82) is 0 Å². The van der Waals surface area contributed by atoms with E-state index in [9.17, 15) is 14.4 Å². The Morgan fingerprint density at radius 3 is 2.55 bits per heavy atom. The predicted octanol–water partition coefficient (Wildman–Crippen LogP) is 3.35. The SMILES string of the molecule is C[C@]12CCC(=O)C[C@@H]1CC[C@H]1[C@H]2C(=O)C[C@]2(C)C(=O)CC[C@H]12. The summed E-state index contributed by atoms with van der Waals surface area (Å²) in [7, 11) is 0. The predicted molar refractivity (Wildman–Crippen MR) is 82.1 cm³/mol. The monoisotopic (exact) mass is 302 g/mol. The zero-order chi connectivity index (χ0) is 15.7. The summed E-state index contributed by atoms with van der Waals surface area (Å²) in [6, 6.07) is 0. The van der Waals surface area contributed by atoms with Crippen LogP contribution in [0.5, 0.6) is 0 Å². The van der Waals surface area contributed by atoms with Crippen molar-refractivity contribution in [2.24, 2.45) is 34.5 Å². The number of Topliss-reactive ketones (excluding diaryl/α,β-unsaturated/α-hetero) is 3. The van der Waals surface area contributed by atoms with E-state index in [2.05, 4.69) is 6.92 Å². The lowest BCUT2D eigenvalue weighted by molar-refractivity contribution is -0.161. The first-order valence-corrected chi connectivity index (χ1v) is 8.94. The Balaban J connectivity index is 1.72. The van der Waals surface area contributed by atoms with Crippen LogP contribution in [-0.2, 0) is 14.4 Å². The van der Waals surface area contributed by atoms with Gasteiger partial charge >= 0.3 is 0 Å². The van der Waals surface area contributed by atoms with Crippen LogP contribution < -0.4 is 0 Å². The average molecular weight is 302 g/mol. The summed E-state index contributed by atoms with van der Waals surface area (Å²) in [6.07, 6.45) is 6.39. The minimum atomic E-state index is -0.383. The highest BCUT2D eigenvalue weighted by Crippen LogP contribution is 2.64. The molecule has 6 atom stereocenters. The summed E-state index contributed by atoms with van der Waals surface area (Å²) in [5, 5.41) is 0. The number of carbonyl (C=O) groups is 3. The Bertz CT molecular complexity index is 565. The van der Waals surface area contributed by atoms with E-state index in [1.54, 1.807) is 0 Å². The molecule has 3 nitrogen and oxygen atoms in total. The molecule has 4 aliphatic carbocycles. The van der Waals surface area contributed by atoms with E-state index in [0.717, 1.165) is 25.7 Å². The van der Waals surface area contributed by atoms with Crippen molar-refractivity contribution in [2.75, 3.05) is 0 Å². The van der Waals surface area contributed by atoms with Crippen LogP contribution in [0.3, 0.4) is 0 Å².